The first-order valence-corrected chi connectivity index (χ1v) is 7.69. The number of fused-ring (bicyclic) bond motifs is 1. The second-order valence-electron chi connectivity index (χ2n) is 6.18. The number of hydrogen-bond acceptors (Lipinski definition) is 3. The molecule has 1 aromatic carbocycles. The number of urea groups is 1. The molecule has 0 spiro atoms. The zero-order valence-electron chi connectivity index (χ0n) is 13.5. The summed E-state index contributed by atoms with van der Waals surface area (Å²) in [5.74, 6) is -0.269. The third kappa shape index (κ3) is 2.32. The average Bonchev–Trinajstić information content (AvgIpc) is 2.88. The third-order valence-electron chi connectivity index (χ3n) is 4.23. The highest BCUT2D eigenvalue weighted by Crippen LogP contribution is 2.17. The minimum atomic E-state index is -0.889. The molecule has 1 N–H and O–H groups in total. The number of aryl methyl sites for hydroxylation is 1. The molecule has 2 aromatic rings. The van der Waals surface area contributed by atoms with Crippen molar-refractivity contribution >= 4 is 23.0 Å². The van der Waals surface area contributed by atoms with Gasteiger partial charge in [-0.05, 0) is 32.9 Å². The van der Waals surface area contributed by atoms with Gasteiger partial charge < -0.3 is 5.32 Å². The highest BCUT2D eigenvalue weighted by molar-refractivity contribution is 6.06. The first-order valence-electron chi connectivity index (χ1n) is 7.69. The first kappa shape index (κ1) is 15.3. The van der Waals surface area contributed by atoms with Crippen LogP contribution in [0, 0.1) is 0 Å². The number of aromatic nitrogens is 2. The summed E-state index contributed by atoms with van der Waals surface area (Å²) in [6.45, 7) is 6.28. The number of nitrogens with zero attached hydrogens (tertiary/aromatic N) is 3. The van der Waals surface area contributed by atoms with Gasteiger partial charge in [-0.15, -0.1) is 0 Å². The zero-order valence-corrected chi connectivity index (χ0v) is 13.5. The van der Waals surface area contributed by atoms with E-state index in [1.54, 1.807) is 23.0 Å². The highest BCUT2D eigenvalue weighted by atomic mass is 16.2. The quantitative estimate of drug-likeness (QED) is 0.860. The molecular weight excluding hydrogens is 296 g/mol. The Balaban J connectivity index is 1.92. The van der Waals surface area contributed by atoms with Crippen molar-refractivity contribution in [3.05, 3.63) is 34.7 Å². The summed E-state index contributed by atoms with van der Waals surface area (Å²) < 4.78 is 3.30. The van der Waals surface area contributed by atoms with E-state index < -0.39 is 11.6 Å². The van der Waals surface area contributed by atoms with Gasteiger partial charge in [0.05, 0.1) is 11.0 Å². The maximum Gasteiger partial charge on any atom is 0.329 e. The summed E-state index contributed by atoms with van der Waals surface area (Å²) in [7, 11) is 0. The molecule has 3 amide bonds. The van der Waals surface area contributed by atoms with Gasteiger partial charge in [0.1, 0.15) is 5.54 Å². The number of carbonyl (C=O) groups excluding carboxylic acids is 2. The van der Waals surface area contributed by atoms with Crippen LogP contribution in [0.15, 0.2) is 29.1 Å². The molecule has 0 aliphatic carbocycles. The molecule has 0 radical (unpaired) electrons. The van der Waals surface area contributed by atoms with E-state index in [4.69, 9.17) is 0 Å². The SMILES string of the molecule is CCn1c(=O)n(CCN2C(=O)NC(C)(C)C2=O)c2ccccc21. The van der Waals surface area contributed by atoms with Gasteiger partial charge in [-0.1, -0.05) is 12.1 Å². The van der Waals surface area contributed by atoms with Crippen molar-refractivity contribution in [1.29, 1.82) is 0 Å². The van der Waals surface area contributed by atoms with Crippen molar-refractivity contribution in [1.82, 2.24) is 19.4 Å². The lowest BCUT2D eigenvalue weighted by Gasteiger charge is -2.16. The lowest BCUT2D eigenvalue weighted by Crippen LogP contribution is -2.41. The second kappa shape index (κ2) is 5.26. The monoisotopic (exact) mass is 316 g/mol. The number of benzene rings is 1. The molecule has 0 saturated carbocycles. The van der Waals surface area contributed by atoms with Crippen LogP contribution in [-0.4, -0.2) is 38.1 Å². The lowest BCUT2D eigenvalue weighted by molar-refractivity contribution is -0.130. The van der Waals surface area contributed by atoms with Gasteiger partial charge in [0.25, 0.3) is 5.91 Å². The molecule has 0 bridgehead atoms. The zero-order chi connectivity index (χ0) is 16.8. The number of imide groups is 1. The van der Waals surface area contributed by atoms with Crippen molar-refractivity contribution in [2.24, 2.45) is 0 Å². The Bertz CT molecular complexity index is 847. The molecule has 1 aliphatic rings. The summed E-state index contributed by atoms with van der Waals surface area (Å²) >= 11 is 0. The van der Waals surface area contributed by atoms with Crippen LogP contribution in [0.2, 0.25) is 0 Å². The molecule has 1 aromatic heterocycles. The number of rotatable bonds is 4. The Morgan fingerprint density at radius 2 is 1.61 bits per heavy atom. The molecule has 1 aliphatic heterocycles. The topological polar surface area (TPSA) is 76.3 Å². The fourth-order valence-electron chi connectivity index (χ4n) is 3.02. The molecule has 7 heteroatoms. The van der Waals surface area contributed by atoms with E-state index in [2.05, 4.69) is 5.32 Å². The summed E-state index contributed by atoms with van der Waals surface area (Å²) in [5.41, 5.74) is 0.655. The Morgan fingerprint density at radius 1 is 1.00 bits per heavy atom. The molecule has 2 heterocycles. The predicted octanol–water partition coefficient (Wildman–Crippen LogP) is 1.15. The minimum absolute atomic E-state index is 0.125. The number of hydrogen-bond donors (Lipinski definition) is 1. The van der Waals surface area contributed by atoms with Crippen LogP contribution < -0.4 is 11.0 Å². The van der Waals surface area contributed by atoms with Gasteiger partial charge in [0.15, 0.2) is 0 Å². The van der Waals surface area contributed by atoms with Crippen LogP contribution >= 0.6 is 0 Å². The van der Waals surface area contributed by atoms with Crippen LogP contribution in [-0.2, 0) is 17.9 Å². The molecule has 122 valence electrons. The Labute approximate surface area is 133 Å². The average molecular weight is 316 g/mol. The van der Waals surface area contributed by atoms with Crippen molar-refractivity contribution in [3.8, 4) is 0 Å². The number of imidazole rings is 1. The van der Waals surface area contributed by atoms with Gasteiger partial charge in [-0.3, -0.25) is 18.8 Å². The van der Waals surface area contributed by atoms with E-state index >= 15 is 0 Å². The summed E-state index contributed by atoms with van der Waals surface area (Å²) in [6, 6.07) is 7.12. The van der Waals surface area contributed by atoms with E-state index in [1.807, 2.05) is 31.2 Å². The van der Waals surface area contributed by atoms with E-state index in [0.717, 1.165) is 11.0 Å². The Kier molecular flexibility index (Phi) is 3.50. The van der Waals surface area contributed by atoms with Crippen LogP contribution in [0.5, 0.6) is 0 Å². The molecule has 23 heavy (non-hydrogen) atoms. The number of amides is 3. The van der Waals surface area contributed by atoms with Crippen molar-refractivity contribution < 1.29 is 9.59 Å². The molecule has 7 nitrogen and oxygen atoms in total. The van der Waals surface area contributed by atoms with Gasteiger partial charge in [-0.25, -0.2) is 9.59 Å². The van der Waals surface area contributed by atoms with E-state index in [-0.39, 0.29) is 24.7 Å². The fourth-order valence-corrected chi connectivity index (χ4v) is 3.02. The molecule has 0 atom stereocenters. The Hall–Kier alpha value is -2.57. The number of para-hydroxylation sites is 2. The maximum absolute atomic E-state index is 12.5. The summed E-state index contributed by atoms with van der Waals surface area (Å²) in [5, 5.41) is 2.64. The van der Waals surface area contributed by atoms with Crippen molar-refractivity contribution in [2.75, 3.05) is 6.54 Å². The molecule has 1 saturated heterocycles. The normalized spacial score (nSPS) is 17.1. The first-order chi connectivity index (χ1) is 10.9. The fraction of sp³-hybridized carbons (Fsp3) is 0.438. The van der Waals surface area contributed by atoms with Crippen LogP contribution in [0.1, 0.15) is 20.8 Å². The van der Waals surface area contributed by atoms with Crippen molar-refractivity contribution in [3.63, 3.8) is 0 Å². The molecule has 3 rings (SSSR count). The van der Waals surface area contributed by atoms with Gasteiger partial charge in [-0.2, -0.15) is 0 Å². The van der Waals surface area contributed by atoms with Gasteiger partial charge >= 0.3 is 11.7 Å². The third-order valence-corrected chi connectivity index (χ3v) is 4.23. The molecular formula is C16H20N4O3. The predicted molar refractivity (Wildman–Crippen MR) is 86.2 cm³/mol. The lowest BCUT2D eigenvalue weighted by atomic mass is 10.1. The van der Waals surface area contributed by atoms with Crippen LogP contribution in [0.25, 0.3) is 11.0 Å². The van der Waals surface area contributed by atoms with Crippen LogP contribution in [0.4, 0.5) is 4.79 Å². The minimum Gasteiger partial charge on any atom is -0.324 e. The van der Waals surface area contributed by atoms with E-state index in [1.165, 1.54) is 4.90 Å². The molecule has 1 fully saturated rings. The smallest absolute Gasteiger partial charge is 0.324 e. The summed E-state index contributed by atoms with van der Waals surface area (Å²) in [6.07, 6.45) is 0. The number of nitrogens with one attached hydrogen (secondary N) is 1. The highest BCUT2D eigenvalue weighted by Gasteiger charge is 2.43. The second-order valence-corrected chi connectivity index (χ2v) is 6.18. The standard InChI is InChI=1S/C16H20N4O3/c1-4-18-11-7-5-6-8-12(11)19(15(18)23)9-10-20-13(21)16(2,3)17-14(20)22/h5-8H,4,9-10H2,1-3H3,(H,17,22). The maximum atomic E-state index is 12.5. The summed E-state index contributed by atoms with van der Waals surface area (Å²) in [4.78, 5) is 37.9. The number of carbonyl (C=O) groups is 2. The van der Waals surface area contributed by atoms with E-state index in [0.29, 0.717) is 6.54 Å². The van der Waals surface area contributed by atoms with Gasteiger partial charge in [0.2, 0.25) is 0 Å². The van der Waals surface area contributed by atoms with Gasteiger partial charge in [0, 0.05) is 19.6 Å². The van der Waals surface area contributed by atoms with Crippen LogP contribution in [0.3, 0.4) is 0 Å². The van der Waals surface area contributed by atoms with Crippen molar-refractivity contribution in [2.45, 2.75) is 39.4 Å². The van der Waals surface area contributed by atoms with E-state index in [9.17, 15) is 14.4 Å². The molecule has 0 unspecified atom stereocenters. The largest absolute Gasteiger partial charge is 0.329 e. The Morgan fingerprint density at radius 3 is 2.13 bits per heavy atom.